The lowest BCUT2D eigenvalue weighted by Gasteiger charge is -2.11. The summed E-state index contributed by atoms with van der Waals surface area (Å²) >= 11 is 0. The third kappa shape index (κ3) is 3.83. The van der Waals surface area contributed by atoms with Gasteiger partial charge in [0.2, 0.25) is 11.9 Å². The van der Waals surface area contributed by atoms with E-state index in [4.69, 9.17) is 10.6 Å². The molecule has 0 aliphatic heterocycles. The van der Waals surface area contributed by atoms with Gasteiger partial charge in [0, 0.05) is 13.1 Å². The van der Waals surface area contributed by atoms with Gasteiger partial charge in [0.05, 0.1) is 7.11 Å². The van der Waals surface area contributed by atoms with Crippen LogP contribution in [-0.2, 0) is 0 Å². The Morgan fingerprint density at radius 1 is 1.25 bits per heavy atom. The van der Waals surface area contributed by atoms with Crippen LogP contribution in [0.25, 0.3) is 0 Å². The zero-order valence-corrected chi connectivity index (χ0v) is 9.69. The first kappa shape index (κ1) is 12.4. The Morgan fingerprint density at radius 2 is 1.94 bits per heavy atom. The summed E-state index contributed by atoms with van der Waals surface area (Å²) in [6.45, 7) is 1.60. The molecule has 1 aromatic rings. The molecule has 0 radical (unpaired) electrons. The Morgan fingerprint density at radius 3 is 2.50 bits per heavy atom. The Kier molecular flexibility index (Phi) is 4.67. The number of nitrogens with zero attached hydrogens (tertiary/aromatic N) is 4. The first-order valence-corrected chi connectivity index (χ1v) is 4.81. The number of rotatable bonds is 6. The van der Waals surface area contributed by atoms with Gasteiger partial charge < -0.3 is 15.0 Å². The van der Waals surface area contributed by atoms with E-state index in [1.807, 2.05) is 19.0 Å². The molecule has 16 heavy (non-hydrogen) atoms. The first-order chi connectivity index (χ1) is 7.65. The second kappa shape index (κ2) is 6.03. The highest BCUT2D eigenvalue weighted by Gasteiger charge is 2.04. The van der Waals surface area contributed by atoms with Crippen molar-refractivity contribution < 1.29 is 4.74 Å². The van der Waals surface area contributed by atoms with Crippen molar-refractivity contribution >= 4 is 11.9 Å². The van der Waals surface area contributed by atoms with Crippen molar-refractivity contribution in [2.45, 2.75) is 0 Å². The summed E-state index contributed by atoms with van der Waals surface area (Å²) in [6, 6.07) is 0.218. The molecule has 4 N–H and O–H groups in total. The van der Waals surface area contributed by atoms with Gasteiger partial charge in [-0.05, 0) is 14.1 Å². The van der Waals surface area contributed by atoms with Crippen LogP contribution in [0.3, 0.4) is 0 Å². The van der Waals surface area contributed by atoms with Gasteiger partial charge in [0.15, 0.2) is 0 Å². The Bertz CT molecular complexity index is 308. The maximum absolute atomic E-state index is 5.22. The minimum atomic E-state index is 0.218. The molecule has 90 valence electrons. The molecule has 1 rings (SSSR count). The largest absolute Gasteiger partial charge is 0.467 e. The van der Waals surface area contributed by atoms with Gasteiger partial charge in [-0.1, -0.05) is 0 Å². The summed E-state index contributed by atoms with van der Waals surface area (Å²) in [6.07, 6.45) is 0. The smallest absolute Gasteiger partial charge is 0.322 e. The minimum absolute atomic E-state index is 0.218. The van der Waals surface area contributed by atoms with E-state index in [0.29, 0.717) is 5.95 Å². The zero-order chi connectivity index (χ0) is 12.0. The molecule has 1 aromatic heterocycles. The van der Waals surface area contributed by atoms with E-state index in [2.05, 4.69) is 25.7 Å². The average molecular weight is 227 g/mol. The number of likely N-dealkylation sites (N-methyl/N-ethyl adjacent to an activating group) is 1. The van der Waals surface area contributed by atoms with Crippen LogP contribution in [0.4, 0.5) is 11.9 Å². The molecule has 0 amide bonds. The maximum atomic E-state index is 5.22. The fraction of sp³-hybridized carbons (Fsp3) is 0.625. The van der Waals surface area contributed by atoms with Gasteiger partial charge in [-0.3, -0.25) is 5.43 Å². The van der Waals surface area contributed by atoms with E-state index in [9.17, 15) is 0 Å². The van der Waals surface area contributed by atoms with Gasteiger partial charge >= 0.3 is 6.01 Å². The topological polar surface area (TPSA) is 101 Å². The first-order valence-electron chi connectivity index (χ1n) is 4.81. The molecule has 0 saturated carbocycles. The molecule has 8 heteroatoms. The predicted octanol–water partition coefficient (Wildman–Crippen LogP) is -0.861. The quantitative estimate of drug-likeness (QED) is 0.426. The van der Waals surface area contributed by atoms with Gasteiger partial charge in [-0.15, -0.1) is 0 Å². The Hall–Kier alpha value is -1.67. The number of hydrazine groups is 1. The maximum Gasteiger partial charge on any atom is 0.322 e. The van der Waals surface area contributed by atoms with Crippen LogP contribution >= 0.6 is 0 Å². The van der Waals surface area contributed by atoms with Crippen molar-refractivity contribution in [2.24, 2.45) is 5.84 Å². The highest BCUT2D eigenvalue weighted by Crippen LogP contribution is 2.09. The van der Waals surface area contributed by atoms with Gasteiger partial charge in [-0.2, -0.15) is 15.0 Å². The molecule has 0 fully saturated rings. The van der Waals surface area contributed by atoms with E-state index in [1.54, 1.807) is 0 Å². The standard InChI is InChI=1S/C8H17N7O/c1-15(2)5-4-10-6-11-7(14-9)13-8(12-6)16-3/h4-5,9H2,1-3H3,(H2,10,11,12,13,14). The molecule has 8 nitrogen and oxygen atoms in total. The zero-order valence-electron chi connectivity index (χ0n) is 9.69. The number of nitrogens with one attached hydrogen (secondary N) is 2. The molecule has 0 aliphatic rings. The number of methoxy groups -OCH3 is 1. The van der Waals surface area contributed by atoms with E-state index in [-0.39, 0.29) is 12.0 Å². The van der Waals surface area contributed by atoms with Crippen molar-refractivity contribution in [1.29, 1.82) is 0 Å². The van der Waals surface area contributed by atoms with Crippen LogP contribution in [0.2, 0.25) is 0 Å². The molecule has 0 saturated heterocycles. The van der Waals surface area contributed by atoms with Crippen LogP contribution in [-0.4, -0.2) is 54.1 Å². The molecule has 0 aromatic carbocycles. The monoisotopic (exact) mass is 227 g/mol. The molecular formula is C8H17N7O. The molecule has 0 bridgehead atoms. The number of hydrogen-bond acceptors (Lipinski definition) is 8. The van der Waals surface area contributed by atoms with Crippen LogP contribution in [0.5, 0.6) is 6.01 Å². The lowest BCUT2D eigenvalue weighted by molar-refractivity contribution is 0.379. The summed E-state index contributed by atoms with van der Waals surface area (Å²) in [7, 11) is 5.46. The summed E-state index contributed by atoms with van der Waals surface area (Å²) in [5.74, 6) is 5.92. The fourth-order valence-electron chi connectivity index (χ4n) is 0.983. The van der Waals surface area contributed by atoms with Crippen LogP contribution < -0.4 is 21.3 Å². The number of anilines is 2. The van der Waals surface area contributed by atoms with E-state index in [1.165, 1.54) is 7.11 Å². The van der Waals surface area contributed by atoms with Crippen molar-refractivity contribution in [3.05, 3.63) is 0 Å². The Balaban J connectivity index is 2.64. The molecule has 0 unspecified atom stereocenters. The van der Waals surface area contributed by atoms with Crippen LogP contribution in [0.1, 0.15) is 0 Å². The molecular weight excluding hydrogens is 210 g/mol. The second-order valence-corrected chi connectivity index (χ2v) is 3.34. The second-order valence-electron chi connectivity index (χ2n) is 3.34. The van der Waals surface area contributed by atoms with Crippen LogP contribution in [0, 0.1) is 0 Å². The average Bonchev–Trinajstić information content (AvgIpc) is 2.28. The van der Waals surface area contributed by atoms with Crippen molar-refractivity contribution in [3.8, 4) is 6.01 Å². The SMILES string of the molecule is COc1nc(NN)nc(NCCN(C)C)n1. The molecule has 1 heterocycles. The summed E-state index contributed by atoms with van der Waals surface area (Å²) < 4.78 is 4.92. The number of hydrogen-bond donors (Lipinski definition) is 3. The lowest BCUT2D eigenvalue weighted by atomic mass is 10.6. The lowest BCUT2D eigenvalue weighted by Crippen LogP contribution is -2.22. The predicted molar refractivity (Wildman–Crippen MR) is 61.2 cm³/mol. The van der Waals surface area contributed by atoms with Gasteiger partial charge in [0.25, 0.3) is 0 Å². The molecule has 0 atom stereocenters. The van der Waals surface area contributed by atoms with E-state index < -0.39 is 0 Å². The summed E-state index contributed by atoms with van der Waals surface area (Å²) in [5, 5.41) is 3.05. The van der Waals surface area contributed by atoms with Crippen molar-refractivity contribution in [2.75, 3.05) is 45.0 Å². The Labute approximate surface area is 94.2 Å². The highest BCUT2D eigenvalue weighted by atomic mass is 16.5. The normalized spacial score (nSPS) is 10.3. The number of aromatic nitrogens is 3. The summed E-state index contributed by atoms with van der Waals surface area (Å²) in [5.41, 5.74) is 2.35. The van der Waals surface area contributed by atoms with Gasteiger partial charge in [0.1, 0.15) is 0 Å². The summed E-state index contributed by atoms with van der Waals surface area (Å²) in [4.78, 5) is 14.0. The third-order valence-electron chi connectivity index (χ3n) is 1.77. The number of nitrogen functional groups attached to an aromatic ring is 1. The fourth-order valence-corrected chi connectivity index (χ4v) is 0.983. The minimum Gasteiger partial charge on any atom is -0.467 e. The van der Waals surface area contributed by atoms with Gasteiger partial charge in [-0.25, -0.2) is 5.84 Å². The number of ether oxygens (including phenoxy) is 1. The highest BCUT2D eigenvalue weighted by molar-refractivity contribution is 5.34. The van der Waals surface area contributed by atoms with Crippen molar-refractivity contribution in [1.82, 2.24) is 19.9 Å². The van der Waals surface area contributed by atoms with Crippen LogP contribution in [0.15, 0.2) is 0 Å². The number of nitrogens with two attached hydrogens (primary N) is 1. The third-order valence-corrected chi connectivity index (χ3v) is 1.77. The van der Waals surface area contributed by atoms with Crippen molar-refractivity contribution in [3.63, 3.8) is 0 Å². The van der Waals surface area contributed by atoms with E-state index in [0.717, 1.165) is 13.1 Å². The van der Waals surface area contributed by atoms with E-state index >= 15 is 0 Å². The molecule has 0 spiro atoms. The molecule has 0 aliphatic carbocycles.